The van der Waals surface area contributed by atoms with Gasteiger partial charge in [-0.15, -0.1) is 0 Å². The average Bonchev–Trinajstić information content (AvgIpc) is 2.97. The number of nitrogens with one attached hydrogen (secondary N) is 1. The normalized spacial score (nSPS) is 11.5. The van der Waals surface area contributed by atoms with Crippen LogP contribution < -0.4 is 5.32 Å². The van der Waals surface area contributed by atoms with Gasteiger partial charge in [0.2, 0.25) is 0 Å². The molecule has 0 radical (unpaired) electrons. The lowest BCUT2D eigenvalue weighted by atomic mass is 10.1. The van der Waals surface area contributed by atoms with Crippen molar-refractivity contribution in [1.82, 2.24) is 15.6 Å². The van der Waals surface area contributed by atoms with E-state index in [2.05, 4.69) is 27.2 Å². The molecule has 0 aromatic carbocycles. The number of ketones is 1. The van der Waals surface area contributed by atoms with Gasteiger partial charge in [-0.25, -0.2) is 4.63 Å². The molecule has 0 aliphatic heterocycles. The van der Waals surface area contributed by atoms with Gasteiger partial charge in [0.1, 0.15) is 6.10 Å². The number of carbonyl (C=O) groups excluding carboxylic acids is 1. The van der Waals surface area contributed by atoms with E-state index in [-0.39, 0.29) is 25.4 Å². The molecule has 0 aliphatic rings. The van der Waals surface area contributed by atoms with Crippen LogP contribution in [0.4, 0.5) is 0 Å². The first-order chi connectivity index (χ1) is 9.22. The van der Waals surface area contributed by atoms with Crippen molar-refractivity contribution in [2.45, 2.75) is 38.7 Å². The van der Waals surface area contributed by atoms with Crippen molar-refractivity contribution in [3.63, 3.8) is 0 Å². The summed E-state index contributed by atoms with van der Waals surface area (Å²) in [6.45, 7) is 2.98. The van der Waals surface area contributed by atoms with E-state index in [9.17, 15) is 9.90 Å². The Balaban J connectivity index is 0.000000532. The highest BCUT2D eigenvalue weighted by atomic mass is 16.6. The Bertz CT molecular complexity index is 276. The Labute approximate surface area is 113 Å². The van der Waals surface area contributed by atoms with Gasteiger partial charge < -0.3 is 15.5 Å². The van der Waals surface area contributed by atoms with Crippen LogP contribution in [-0.4, -0.2) is 52.1 Å². The fourth-order valence-electron chi connectivity index (χ4n) is 1.25. The number of aromatic nitrogens is 2. The van der Waals surface area contributed by atoms with Gasteiger partial charge in [0.25, 0.3) is 0 Å². The van der Waals surface area contributed by atoms with Crippen LogP contribution in [0.2, 0.25) is 0 Å². The molecule has 7 nitrogen and oxygen atoms in total. The maximum Gasteiger partial charge on any atom is 0.175 e. The first-order valence-corrected chi connectivity index (χ1v) is 6.46. The van der Waals surface area contributed by atoms with Crippen molar-refractivity contribution < 1.29 is 19.6 Å². The molecular weight excluding hydrogens is 250 g/mol. The van der Waals surface area contributed by atoms with Crippen molar-refractivity contribution in [2.75, 3.05) is 19.7 Å². The number of rotatable bonds is 9. The van der Waals surface area contributed by atoms with E-state index in [0.717, 1.165) is 25.8 Å². The minimum absolute atomic E-state index is 0.134. The number of hydrogen-bond donors (Lipinski definition) is 3. The molecule has 1 heterocycles. The molecule has 19 heavy (non-hydrogen) atoms. The zero-order valence-electron chi connectivity index (χ0n) is 11.3. The second kappa shape index (κ2) is 13.1. The highest BCUT2D eigenvalue weighted by Gasteiger charge is 2.12. The molecule has 0 amide bonds. The molecule has 0 aliphatic carbocycles. The summed E-state index contributed by atoms with van der Waals surface area (Å²) < 4.78 is 4.08. The molecule has 7 heteroatoms. The average molecular weight is 273 g/mol. The van der Waals surface area contributed by atoms with Crippen LogP contribution in [0.25, 0.3) is 0 Å². The zero-order chi connectivity index (χ0) is 14.3. The topological polar surface area (TPSA) is 108 Å². The van der Waals surface area contributed by atoms with Crippen LogP contribution >= 0.6 is 0 Å². The van der Waals surface area contributed by atoms with E-state index in [1.165, 1.54) is 12.4 Å². The molecule has 3 N–H and O–H groups in total. The van der Waals surface area contributed by atoms with Gasteiger partial charge in [-0.05, 0) is 13.0 Å². The number of Topliss-reactive ketones (excluding diaryl/α,β-unsaturated/α-hetero) is 1. The van der Waals surface area contributed by atoms with Crippen LogP contribution in [0.5, 0.6) is 0 Å². The molecule has 1 rings (SSSR count). The van der Waals surface area contributed by atoms with E-state index in [1.54, 1.807) is 0 Å². The lowest BCUT2D eigenvalue weighted by Crippen LogP contribution is -2.32. The third kappa shape index (κ3) is 11.5. The molecular formula is C12H23N3O4. The summed E-state index contributed by atoms with van der Waals surface area (Å²) in [5, 5.41) is 27.1. The third-order valence-corrected chi connectivity index (χ3v) is 2.31. The fourth-order valence-corrected chi connectivity index (χ4v) is 1.25. The summed E-state index contributed by atoms with van der Waals surface area (Å²) in [6.07, 6.45) is 5.43. The highest BCUT2D eigenvalue weighted by Crippen LogP contribution is 1.93. The smallest absolute Gasteiger partial charge is 0.175 e. The summed E-state index contributed by atoms with van der Waals surface area (Å²) in [6, 6.07) is 0. The SMILES string of the molecule is CCCCCNCC(=O)C(O)CCO.c1cnon1. The minimum Gasteiger partial charge on any atom is -0.396 e. The number of unbranched alkanes of at least 4 members (excludes halogenated alkanes) is 2. The van der Waals surface area contributed by atoms with Crippen molar-refractivity contribution in [3.8, 4) is 0 Å². The Hall–Kier alpha value is -1.31. The van der Waals surface area contributed by atoms with E-state index in [4.69, 9.17) is 5.11 Å². The molecule has 110 valence electrons. The van der Waals surface area contributed by atoms with Gasteiger partial charge in [0.15, 0.2) is 5.78 Å². The van der Waals surface area contributed by atoms with E-state index < -0.39 is 6.10 Å². The predicted molar refractivity (Wildman–Crippen MR) is 69.4 cm³/mol. The molecule has 1 aromatic heterocycles. The van der Waals surface area contributed by atoms with Gasteiger partial charge >= 0.3 is 0 Å². The van der Waals surface area contributed by atoms with Gasteiger partial charge in [-0.3, -0.25) is 4.79 Å². The summed E-state index contributed by atoms with van der Waals surface area (Å²) in [5.41, 5.74) is 0. The minimum atomic E-state index is -1.02. The van der Waals surface area contributed by atoms with E-state index >= 15 is 0 Å². The molecule has 0 spiro atoms. The van der Waals surface area contributed by atoms with Crippen molar-refractivity contribution >= 4 is 5.78 Å². The summed E-state index contributed by atoms with van der Waals surface area (Å²) in [4.78, 5) is 11.1. The van der Waals surface area contributed by atoms with Crippen molar-refractivity contribution in [3.05, 3.63) is 12.4 Å². The van der Waals surface area contributed by atoms with E-state index in [0.29, 0.717) is 0 Å². The first-order valence-electron chi connectivity index (χ1n) is 6.46. The fraction of sp³-hybridized carbons (Fsp3) is 0.750. The first kappa shape index (κ1) is 17.7. The van der Waals surface area contributed by atoms with Crippen LogP contribution in [-0.2, 0) is 4.79 Å². The summed E-state index contributed by atoms with van der Waals surface area (Å²) >= 11 is 0. The second-order valence-corrected chi connectivity index (χ2v) is 3.97. The number of aliphatic hydroxyl groups is 2. The van der Waals surface area contributed by atoms with Gasteiger partial charge in [-0.1, -0.05) is 30.1 Å². The number of hydrogen-bond acceptors (Lipinski definition) is 7. The lowest BCUT2D eigenvalue weighted by Gasteiger charge is -2.08. The molecule has 0 fully saturated rings. The molecule has 1 atom stereocenters. The quantitative estimate of drug-likeness (QED) is 0.549. The maximum absolute atomic E-state index is 11.1. The molecule has 1 aromatic rings. The van der Waals surface area contributed by atoms with Crippen LogP contribution in [0, 0.1) is 0 Å². The summed E-state index contributed by atoms with van der Waals surface area (Å²) in [7, 11) is 0. The highest BCUT2D eigenvalue weighted by molar-refractivity contribution is 5.84. The van der Waals surface area contributed by atoms with Gasteiger partial charge in [0, 0.05) is 13.0 Å². The Kier molecular flexibility index (Phi) is 12.2. The molecule has 1 unspecified atom stereocenters. The van der Waals surface area contributed by atoms with Crippen molar-refractivity contribution in [2.24, 2.45) is 0 Å². The number of aliphatic hydroxyl groups excluding tert-OH is 2. The number of nitrogens with zero attached hydrogens (tertiary/aromatic N) is 2. The predicted octanol–water partition coefficient (Wildman–Crippen LogP) is 0.148. The monoisotopic (exact) mass is 273 g/mol. The Morgan fingerprint density at radius 3 is 2.53 bits per heavy atom. The molecule has 0 saturated heterocycles. The van der Waals surface area contributed by atoms with Gasteiger partial charge in [0.05, 0.1) is 18.9 Å². The lowest BCUT2D eigenvalue weighted by molar-refractivity contribution is -0.126. The largest absolute Gasteiger partial charge is 0.396 e. The summed E-state index contributed by atoms with van der Waals surface area (Å²) in [5.74, 6) is -0.240. The van der Waals surface area contributed by atoms with Crippen LogP contribution in [0.1, 0.15) is 32.6 Å². The standard InChI is InChI=1S/C10H21NO3.C2H2N2O/c1-2-3-4-6-11-8-10(14)9(13)5-7-12;1-2-4-5-3-1/h9,11-13H,2-8H2,1H3;1-2H. The second-order valence-electron chi connectivity index (χ2n) is 3.97. The molecule has 0 saturated carbocycles. The zero-order valence-corrected chi connectivity index (χ0v) is 11.3. The van der Waals surface area contributed by atoms with Crippen LogP contribution in [0.3, 0.4) is 0 Å². The maximum atomic E-state index is 11.1. The Morgan fingerprint density at radius 1 is 1.37 bits per heavy atom. The van der Waals surface area contributed by atoms with Crippen LogP contribution in [0.15, 0.2) is 17.0 Å². The third-order valence-electron chi connectivity index (χ3n) is 2.31. The molecule has 0 bridgehead atoms. The number of carbonyl (C=O) groups is 1. The van der Waals surface area contributed by atoms with E-state index in [1.807, 2.05) is 0 Å². The van der Waals surface area contributed by atoms with Crippen molar-refractivity contribution in [1.29, 1.82) is 0 Å². The van der Waals surface area contributed by atoms with Gasteiger partial charge in [-0.2, -0.15) is 0 Å². The Morgan fingerprint density at radius 2 is 2.05 bits per heavy atom.